The van der Waals surface area contributed by atoms with E-state index >= 15 is 0 Å². The zero-order valence-electron chi connectivity index (χ0n) is 7.21. The van der Waals surface area contributed by atoms with E-state index in [9.17, 15) is 4.39 Å². The summed E-state index contributed by atoms with van der Waals surface area (Å²) in [6.07, 6.45) is -1.07. The summed E-state index contributed by atoms with van der Waals surface area (Å²) in [6, 6.07) is 5.34. The van der Waals surface area contributed by atoms with Gasteiger partial charge in [0.25, 0.3) is 0 Å². The van der Waals surface area contributed by atoms with E-state index in [1.165, 1.54) is 6.92 Å². The van der Waals surface area contributed by atoms with Gasteiger partial charge in [-0.3, -0.25) is 5.10 Å². The number of nitrogens with one attached hydrogen (secondary N) is 1. The van der Waals surface area contributed by atoms with E-state index in [1.54, 1.807) is 18.2 Å². The maximum absolute atomic E-state index is 13.1. The van der Waals surface area contributed by atoms with E-state index in [1.807, 2.05) is 0 Å². The van der Waals surface area contributed by atoms with Crippen molar-refractivity contribution in [2.75, 3.05) is 5.73 Å². The Hall–Kier alpha value is -1.58. The topological polar surface area (TPSA) is 54.7 Å². The molecule has 0 aliphatic rings. The second-order valence-electron chi connectivity index (χ2n) is 2.99. The highest BCUT2D eigenvalue weighted by atomic mass is 19.1. The Morgan fingerprint density at radius 1 is 1.54 bits per heavy atom. The third-order valence-corrected chi connectivity index (χ3v) is 2.04. The molecule has 0 aliphatic heterocycles. The van der Waals surface area contributed by atoms with Crippen LogP contribution in [-0.2, 0) is 0 Å². The second-order valence-corrected chi connectivity index (χ2v) is 2.99. The minimum atomic E-state index is -1.07. The lowest BCUT2D eigenvalue weighted by atomic mass is 10.1. The predicted octanol–water partition coefficient (Wildman–Crippen LogP) is 2.18. The molecule has 3 N–H and O–H groups in total. The molecular formula is C9H10FN3. The van der Waals surface area contributed by atoms with Gasteiger partial charge in [-0.1, -0.05) is 6.07 Å². The molecule has 0 fully saturated rings. The van der Waals surface area contributed by atoms with Gasteiger partial charge in [-0.05, 0) is 19.1 Å². The van der Waals surface area contributed by atoms with Gasteiger partial charge in [0.1, 0.15) is 6.17 Å². The van der Waals surface area contributed by atoms with E-state index in [-0.39, 0.29) is 0 Å². The van der Waals surface area contributed by atoms with Gasteiger partial charge in [-0.25, -0.2) is 4.39 Å². The maximum Gasteiger partial charge on any atom is 0.139 e. The summed E-state index contributed by atoms with van der Waals surface area (Å²) in [5.74, 6) is 0. The summed E-state index contributed by atoms with van der Waals surface area (Å²) < 4.78 is 13.1. The van der Waals surface area contributed by atoms with Crippen LogP contribution in [0, 0.1) is 0 Å². The first-order chi connectivity index (χ1) is 6.20. The number of fused-ring (bicyclic) bond motifs is 1. The van der Waals surface area contributed by atoms with Gasteiger partial charge in [0.15, 0.2) is 0 Å². The monoisotopic (exact) mass is 179 g/mol. The summed E-state index contributed by atoms with van der Waals surface area (Å²) in [5.41, 5.74) is 7.43. The van der Waals surface area contributed by atoms with Crippen molar-refractivity contribution in [3.8, 4) is 0 Å². The van der Waals surface area contributed by atoms with E-state index in [2.05, 4.69) is 10.2 Å². The first-order valence-corrected chi connectivity index (χ1v) is 4.06. The van der Waals surface area contributed by atoms with Crippen LogP contribution >= 0.6 is 0 Å². The number of aromatic nitrogens is 2. The third kappa shape index (κ3) is 1.14. The summed E-state index contributed by atoms with van der Waals surface area (Å²) in [7, 11) is 0. The maximum atomic E-state index is 13.1. The Morgan fingerprint density at radius 2 is 2.31 bits per heavy atom. The molecule has 3 nitrogen and oxygen atoms in total. The van der Waals surface area contributed by atoms with Crippen LogP contribution in [0.5, 0.6) is 0 Å². The molecule has 0 aliphatic carbocycles. The van der Waals surface area contributed by atoms with Crippen molar-refractivity contribution in [2.45, 2.75) is 13.1 Å². The van der Waals surface area contributed by atoms with Crippen molar-refractivity contribution in [1.82, 2.24) is 10.2 Å². The molecule has 0 radical (unpaired) electrons. The minimum absolute atomic E-state index is 0.452. The average Bonchev–Trinajstić information content (AvgIpc) is 2.49. The molecule has 1 aromatic heterocycles. The summed E-state index contributed by atoms with van der Waals surface area (Å²) in [4.78, 5) is 0. The Kier molecular flexibility index (Phi) is 1.69. The van der Waals surface area contributed by atoms with Crippen molar-refractivity contribution in [3.63, 3.8) is 0 Å². The van der Waals surface area contributed by atoms with Crippen LogP contribution in [0.25, 0.3) is 10.9 Å². The van der Waals surface area contributed by atoms with Crippen molar-refractivity contribution < 1.29 is 4.39 Å². The lowest BCUT2D eigenvalue weighted by molar-refractivity contribution is 0.367. The van der Waals surface area contributed by atoms with Crippen molar-refractivity contribution in [1.29, 1.82) is 0 Å². The van der Waals surface area contributed by atoms with E-state index in [4.69, 9.17) is 5.73 Å². The number of anilines is 1. The molecule has 68 valence electrons. The Morgan fingerprint density at radius 3 is 3.00 bits per heavy atom. The van der Waals surface area contributed by atoms with Crippen molar-refractivity contribution >= 4 is 16.6 Å². The molecule has 0 amide bonds. The molecule has 2 aromatic rings. The first-order valence-electron chi connectivity index (χ1n) is 4.06. The Labute approximate surface area is 74.7 Å². The van der Waals surface area contributed by atoms with Crippen molar-refractivity contribution in [3.05, 3.63) is 23.9 Å². The van der Waals surface area contributed by atoms with E-state index < -0.39 is 6.17 Å². The third-order valence-electron chi connectivity index (χ3n) is 2.04. The number of nitrogens with two attached hydrogens (primary N) is 1. The Bertz CT molecular complexity index is 433. The highest BCUT2D eigenvalue weighted by Gasteiger charge is 2.12. The predicted molar refractivity (Wildman–Crippen MR) is 50.0 cm³/mol. The molecule has 0 saturated heterocycles. The van der Waals surface area contributed by atoms with Crippen LogP contribution < -0.4 is 5.73 Å². The number of nitrogen functional groups attached to an aromatic ring is 1. The number of halogens is 1. The van der Waals surface area contributed by atoms with Gasteiger partial charge < -0.3 is 5.73 Å². The smallest absolute Gasteiger partial charge is 0.139 e. The second kappa shape index (κ2) is 2.73. The molecule has 1 aromatic carbocycles. The number of nitrogens with zero attached hydrogens (tertiary/aromatic N) is 1. The fraction of sp³-hybridized carbons (Fsp3) is 0.222. The fourth-order valence-electron chi connectivity index (χ4n) is 1.41. The van der Waals surface area contributed by atoms with E-state index in [0.29, 0.717) is 22.3 Å². The van der Waals surface area contributed by atoms with Gasteiger partial charge >= 0.3 is 0 Å². The number of hydrogen-bond donors (Lipinski definition) is 2. The standard InChI is InChI=1S/C9H10FN3/c1-5(10)9-8-6(11)3-2-4-7(8)12-13-9/h2-5H,11H2,1H3,(H,12,13). The molecule has 2 rings (SSSR count). The van der Waals surface area contributed by atoms with Gasteiger partial charge in [0.05, 0.1) is 11.2 Å². The quantitative estimate of drug-likeness (QED) is 0.659. The molecule has 1 unspecified atom stereocenters. The lowest BCUT2D eigenvalue weighted by Gasteiger charge is -2.00. The van der Waals surface area contributed by atoms with Crippen LogP contribution in [0.1, 0.15) is 18.8 Å². The molecule has 1 atom stereocenters. The highest BCUT2D eigenvalue weighted by molar-refractivity contribution is 5.92. The number of H-pyrrole nitrogens is 1. The largest absolute Gasteiger partial charge is 0.398 e. The van der Waals surface area contributed by atoms with Crippen LogP contribution in [0.2, 0.25) is 0 Å². The highest BCUT2D eigenvalue weighted by Crippen LogP contribution is 2.28. The normalized spacial score (nSPS) is 13.4. The molecule has 0 bridgehead atoms. The summed E-state index contributed by atoms with van der Waals surface area (Å²) in [5, 5.41) is 7.30. The molecule has 1 heterocycles. The summed E-state index contributed by atoms with van der Waals surface area (Å²) in [6.45, 7) is 1.46. The van der Waals surface area contributed by atoms with Crippen LogP contribution in [0.3, 0.4) is 0 Å². The van der Waals surface area contributed by atoms with Crippen LogP contribution in [0.15, 0.2) is 18.2 Å². The average molecular weight is 179 g/mol. The molecule has 0 spiro atoms. The number of aromatic amines is 1. The number of rotatable bonds is 1. The lowest BCUT2D eigenvalue weighted by Crippen LogP contribution is -1.90. The van der Waals surface area contributed by atoms with Gasteiger partial charge in [-0.15, -0.1) is 0 Å². The number of alkyl halides is 1. The van der Waals surface area contributed by atoms with Crippen LogP contribution in [-0.4, -0.2) is 10.2 Å². The molecule has 4 heteroatoms. The zero-order valence-corrected chi connectivity index (χ0v) is 7.21. The van der Waals surface area contributed by atoms with Gasteiger partial charge in [-0.2, -0.15) is 5.10 Å². The van der Waals surface area contributed by atoms with Gasteiger partial charge in [0.2, 0.25) is 0 Å². The van der Waals surface area contributed by atoms with E-state index in [0.717, 1.165) is 0 Å². The van der Waals surface area contributed by atoms with Gasteiger partial charge in [0, 0.05) is 11.1 Å². The molecule has 0 saturated carbocycles. The number of hydrogen-bond acceptors (Lipinski definition) is 2. The van der Waals surface area contributed by atoms with Crippen molar-refractivity contribution in [2.24, 2.45) is 0 Å². The SMILES string of the molecule is CC(F)c1[nH]nc2cccc(N)c12. The first kappa shape index (κ1) is 8.04. The number of benzene rings is 1. The minimum Gasteiger partial charge on any atom is -0.398 e. The molecule has 13 heavy (non-hydrogen) atoms. The zero-order chi connectivity index (χ0) is 9.42. The van der Waals surface area contributed by atoms with Crippen LogP contribution in [0.4, 0.5) is 10.1 Å². The fourth-order valence-corrected chi connectivity index (χ4v) is 1.41. The Balaban J connectivity index is 2.79. The summed E-state index contributed by atoms with van der Waals surface area (Å²) >= 11 is 0. The molecular weight excluding hydrogens is 169 g/mol.